The summed E-state index contributed by atoms with van der Waals surface area (Å²) in [5, 5.41) is 10.7. The Bertz CT molecular complexity index is 660. The van der Waals surface area contributed by atoms with Crippen molar-refractivity contribution in [1.29, 1.82) is 0 Å². The van der Waals surface area contributed by atoms with Crippen molar-refractivity contribution in [2.24, 2.45) is 5.92 Å². The number of halogens is 1. The molecule has 0 radical (unpaired) electrons. The van der Waals surface area contributed by atoms with Crippen molar-refractivity contribution in [2.75, 3.05) is 13.1 Å². The molecule has 1 aliphatic rings. The molecule has 0 aromatic heterocycles. The SMILES string of the molecule is Cc1cc(F)c([N+](=O)[O-])cc1S(=O)(=O)N1CCC(C)C1. The first kappa shape index (κ1) is 14.9. The van der Waals surface area contributed by atoms with Crippen molar-refractivity contribution in [2.45, 2.75) is 25.2 Å². The molecule has 1 aliphatic heterocycles. The Morgan fingerprint density at radius 3 is 2.60 bits per heavy atom. The molecule has 1 aromatic rings. The van der Waals surface area contributed by atoms with Crippen LogP contribution in [0.2, 0.25) is 0 Å². The van der Waals surface area contributed by atoms with Crippen LogP contribution < -0.4 is 0 Å². The van der Waals surface area contributed by atoms with E-state index < -0.39 is 26.5 Å². The van der Waals surface area contributed by atoms with Crippen LogP contribution in [0.5, 0.6) is 0 Å². The van der Waals surface area contributed by atoms with E-state index in [1.807, 2.05) is 6.92 Å². The van der Waals surface area contributed by atoms with Crippen molar-refractivity contribution in [3.8, 4) is 0 Å². The molecule has 0 aliphatic carbocycles. The van der Waals surface area contributed by atoms with Crippen molar-refractivity contribution in [1.82, 2.24) is 4.31 Å². The highest BCUT2D eigenvalue weighted by molar-refractivity contribution is 7.89. The molecule has 1 atom stereocenters. The summed E-state index contributed by atoms with van der Waals surface area (Å²) in [5.74, 6) is -0.776. The normalized spacial score (nSPS) is 20.2. The van der Waals surface area contributed by atoms with E-state index in [9.17, 15) is 22.9 Å². The minimum atomic E-state index is -3.81. The average molecular weight is 302 g/mol. The van der Waals surface area contributed by atoms with Gasteiger partial charge in [0.05, 0.1) is 9.82 Å². The molecule has 20 heavy (non-hydrogen) atoms. The zero-order valence-corrected chi connectivity index (χ0v) is 12.0. The van der Waals surface area contributed by atoms with Gasteiger partial charge in [-0.05, 0) is 30.9 Å². The van der Waals surface area contributed by atoms with Gasteiger partial charge in [0.2, 0.25) is 15.8 Å². The summed E-state index contributed by atoms with van der Waals surface area (Å²) in [4.78, 5) is 9.63. The molecule has 1 unspecified atom stereocenters. The molecule has 1 heterocycles. The van der Waals surface area contributed by atoms with Crippen molar-refractivity contribution in [3.63, 3.8) is 0 Å². The van der Waals surface area contributed by atoms with Gasteiger partial charge in [-0.2, -0.15) is 8.70 Å². The van der Waals surface area contributed by atoms with E-state index in [4.69, 9.17) is 0 Å². The van der Waals surface area contributed by atoms with Gasteiger partial charge in [-0.3, -0.25) is 10.1 Å². The third-order valence-corrected chi connectivity index (χ3v) is 5.45. The number of rotatable bonds is 3. The first-order valence-corrected chi connectivity index (χ1v) is 7.62. The molecular formula is C12H15FN2O4S. The third kappa shape index (κ3) is 2.53. The molecule has 1 fully saturated rings. The Morgan fingerprint density at radius 2 is 2.10 bits per heavy atom. The van der Waals surface area contributed by atoms with Crippen LogP contribution in [-0.4, -0.2) is 30.7 Å². The number of nitro groups is 1. The highest BCUT2D eigenvalue weighted by Gasteiger charge is 2.33. The quantitative estimate of drug-likeness (QED) is 0.632. The Hall–Kier alpha value is -1.54. The third-order valence-electron chi connectivity index (χ3n) is 3.45. The fourth-order valence-corrected chi connectivity index (χ4v) is 4.11. The van der Waals surface area contributed by atoms with Gasteiger partial charge in [0.1, 0.15) is 0 Å². The lowest BCUT2D eigenvalue weighted by Crippen LogP contribution is -2.29. The topological polar surface area (TPSA) is 80.5 Å². The summed E-state index contributed by atoms with van der Waals surface area (Å²) in [6, 6.07) is 1.70. The Labute approximate surface area is 116 Å². The smallest absolute Gasteiger partial charge is 0.258 e. The number of hydrogen-bond donors (Lipinski definition) is 0. The van der Waals surface area contributed by atoms with Crippen LogP contribution in [0.25, 0.3) is 0 Å². The summed E-state index contributed by atoms with van der Waals surface area (Å²) in [5.41, 5.74) is -0.644. The van der Waals surface area contributed by atoms with E-state index in [0.29, 0.717) is 13.1 Å². The number of nitro benzene ring substituents is 1. The molecular weight excluding hydrogens is 287 g/mol. The van der Waals surface area contributed by atoms with Crippen molar-refractivity contribution in [3.05, 3.63) is 33.6 Å². The molecule has 1 aromatic carbocycles. The maximum absolute atomic E-state index is 13.5. The summed E-state index contributed by atoms with van der Waals surface area (Å²) in [7, 11) is -3.81. The molecule has 110 valence electrons. The first-order valence-electron chi connectivity index (χ1n) is 6.18. The predicted molar refractivity (Wildman–Crippen MR) is 70.3 cm³/mol. The largest absolute Gasteiger partial charge is 0.306 e. The average Bonchev–Trinajstić information content (AvgIpc) is 2.75. The van der Waals surface area contributed by atoms with Crippen LogP contribution in [-0.2, 0) is 10.0 Å². The predicted octanol–water partition coefficient (Wildman–Crippen LogP) is 2.07. The second-order valence-corrected chi connectivity index (χ2v) is 6.99. The fourth-order valence-electron chi connectivity index (χ4n) is 2.31. The van der Waals surface area contributed by atoms with Gasteiger partial charge in [0, 0.05) is 19.2 Å². The van der Waals surface area contributed by atoms with E-state index in [1.165, 1.54) is 11.2 Å². The second-order valence-electron chi connectivity index (χ2n) is 5.08. The van der Waals surface area contributed by atoms with Gasteiger partial charge < -0.3 is 0 Å². The minimum absolute atomic E-state index is 0.174. The van der Waals surface area contributed by atoms with Crippen LogP contribution in [0.1, 0.15) is 18.9 Å². The number of hydrogen-bond acceptors (Lipinski definition) is 4. The summed E-state index contributed by atoms with van der Waals surface area (Å²) in [6.45, 7) is 4.13. The molecule has 2 rings (SSSR count). The molecule has 0 bridgehead atoms. The van der Waals surface area contributed by atoms with Gasteiger partial charge in [0.25, 0.3) is 0 Å². The fraction of sp³-hybridized carbons (Fsp3) is 0.500. The summed E-state index contributed by atoms with van der Waals surface area (Å²) >= 11 is 0. The highest BCUT2D eigenvalue weighted by atomic mass is 32.2. The zero-order chi connectivity index (χ0) is 15.1. The monoisotopic (exact) mass is 302 g/mol. The van der Waals surface area contributed by atoms with Crippen LogP contribution in [0, 0.1) is 28.8 Å². The number of benzene rings is 1. The van der Waals surface area contributed by atoms with Crippen LogP contribution in [0.3, 0.4) is 0 Å². The van der Waals surface area contributed by atoms with Gasteiger partial charge in [-0.25, -0.2) is 8.42 Å². The highest BCUT2D eigenvalue weighted by Crippen LogP contribution is 2.30. The summed E-state index contributed by atoms with van der Waals surface area (Å²) in [6.07, 6.45) is 0.752. The van der Waals surface area contributed by atoms with Crippen LogP contribution in [0.15, 0.2) is 17.0 Å². The Morgan fingerprint density at radius 1 is 1.45 bits per heavy atom. The lowest BCUT2D eigenvalue weighted by molar-refractivity contribution is -0.387. The lowest BCUT2D eigenvalue weighted by Gasteiger charge is -2.17. The van der Waals surface area contributed by atoms with Gasteiger partial charge in [-0.15, -0.1) is 0 Å². The van der Waals surface area contributed by atoms with Gasteiger partial charge in [-0.1, -0.05) is 6.92 Å². The van der Waals surface area contributed by atoms with Crippen LogP contribution >= 0.6 is 0 Å². The lowest BCUT2D eigenvalue weighted by atomic mass is 10.2. The molecule has 0 amide bonds. The number of nitrogens with zero attached hydrogens (tertiary/aromatic N) is 2. The molecule has 8 heteroatoms. The van der Waals surface area contributed by atoms with Crippen molar-refractivity contribution >= 4 is 15.7 Å². The van der Waals surface area contributed by atoms with E-state index in [-0.39, 0.29) is 16.4 Å². The number of sulfonamides is 1. The second kappa shape index (κ2) is 5.10. The molecule has 0 spiro atoms. The van der Waals surface area contributed by atoms with E-state index in [2.05, 4.69) is 0 Å². The van der Waals surface area contributed by atoms with Crippen molar-refractivity contribution < 1.29 is 17.7 Å². The van der Waals surface area contributed by atoms with E-state index in [1.54, 1.807) is 0 Å². The molecule has 0 saturated carbocycles. The molecule has 0 N–H and O–H groups in total. The van der Waals surface area contributed by atoms with E-state index >= 15 is 0 Å². The van der Waals surface area contributed by atoms with Crippen LogP contribution in [0.4, 0.5) is 10.1 Å². The first-order chi connectivity index (χ1) is 9.23. The zero-order valence-electron chi connectivity index (χ0n) is 11.2. The van der Waals surface area contributed by atoms with E-state index in [0.717, 1.165) is 18.6 Å². The Balaban J connectivity index is 2.51. The Kier molecular flexibility index (Phi) is 3.79. The summed E-state index contributed by atoms with van der Waals surface area (Å²) < 4.78 is 39.7. The van der Waals surface area contributed by atoms with Gasteiger partial charge >= 0.3 is 5.69 Å². The molecule has 6 nitrogen and oxygen atoms in total. The maximum Gasteiger partial charge on any atom is 0.306 e. The van der Waals surface area contributed by atoms with Gasteiger partial charge in [0.15, 0.2) is 0 Å². The standard InChI is InChI=1S/C12H15FN2O4S/c1-8-3-4-14(7-8)20(18,19)12-6-11(15(16)17)10(13)5-9(12)2/h5-6,8H,3-4,7H2,1-2H3. The molecule has 1 saturated heterocycles. The maximum atomic E-state index is 13.5. The minimum Gasteiger partial charge on any atom is -0.258 e. The number of aryl methyl sites for hydroxylation is 1.